The van der Waals surface area contributed by atoms with Gasteiger partial charge >= 0.3 is 0 Å². The minimum Gasteiger partial charge on any atom is -0.497 e. The molecular weight excluding hydrogens is 363 g/mol. The van der Waals surface area contributed by atoms with Crippen LogP contribution in [-0.2, 0) is 9.53 Å². The highest BCUT2D eigenvalue weighted by Gasteiger charge is 2.22. The molecule has 0 aliphatic rings. The van der Waals surface area contributed by atoms with Crippen LogP contribution in [0.15, 0.2) is 48.5 Å². The first-order chi connectivity index (χ1) is 11.6. The van der Waals surface area contributed by atoms with Crippen LogP contribution in [0.1, 0.15) is 17.2 Å². The van der Waals surface area contributed by atoms with Gasteiger partial charge in [0.05, 0.1) is 19.8 Å². The molecular formula is C18H22Cl2N2O3. The second-order valence-electron chi connectivity index (χ2n) is 5.30. The molecule has 2 atom stereocenters. The summed E-state index contributed by atoms with van der Waals surface area (Å²) in [6, 6.07) is 13.6. The Kier molecular flexibility index (Phi) is 8.72. The van der Waals surface area contributed by atoms with E-state index in [-0.39, 0.29) is 24.9 Å². The van der Waals surface area contributed by atoms with Gasteiger partial charge < -0.3 is 20.5 Å². The molecule has 0 spiro atoms. The molecule has 0 saturated heterocycles. The number of carbonyl (C=O) groups excluding carboxylic acids is 1. The molecule has 1 amide bonds. The fraction of sp³-hybridized carbons (Fsp3) is 0.278. The van der Waals surface area contributed by atoms with Crippen LogP contribution in [0.5, 0.6) is 5.75 Å². The summed E-state index contributed by atoms with van der Waals surface area (Å²) in [5, 5.41) is 3.51. The van der Waals surface area contributed by atoms with Crippen LogP contribution in [0.2, 0.25) is 5.02 Å². The minimum absolute atomic E-state index is 0. The van der Waals surface area contributed by atoms with Crippen LogP contribution >= 0.6 is 24.0 Å². The van der Waals surface area contributed by atoms with Crippen molar-refractivity contribution in [1.29, 1.82) is 0 Å². The first kappa shape index (κ1) is 21.3. The highest BCUT2D eigenvalue weighted by atomic mass is 35.5. The van der Waals surface area contributed by atoms with Crippen LogP contribution in [0.4, 0.5) is 0 Å². The zero-order valence-electron chi connectivity index (χ0n) is 14.1. The maximum Gasteiger partial charge on any atom is 0.240 e. The molecule has 0 radical (unpaired) electrons. The molecule has 2 aromatic rings. The summed E-state index contributed by atoms with van der Waals surface area (Å²) in [5.41, 5.74) is 7.50. The van der Waals surface area contributed by atoms with Crippen molar-refractivity contribution < 1.29 is 14.3 Å². The number of hydrogen-bond donors (Lipinski definition) is 2. The van der Waals surface area contributed by atoms with E-state index in [1.54, 1.807) is 13.2 Å². The number of rotatable bonds is 7. The third kappa shape index (κ3) is 5.61. The Bertz CT molecular complexity index is 680. The molecule has 0 aliphatic carbocycles. The van der Waals surface area contributed by atoms with Gasteiger partial charge in [0.15, 0.2) is 0 Å². The summed E-state index contributed by atoms with van der Waals surface area (Å²) in [6.45, 7) is 0.143. The van der Waals surface area contributed by atoms with E-state index in [2.05, 4.69) is 5.32 Å². The van der Waals surface area contributed by atoms with E-state index in [0.29, 0.717) is 5.02 Å². The first-order valence-corrected chi connectivity index (χ1v) is 7.88. The van der Waals surface area contributed by atoms with Gasteiger partial charge in [0.25, 0.3) is 0 Å². The summed E-state index contributed by atoms with van der Waals surface area (Å²) >= 11 is 6.32. The molecule has 0 aliphatic heterocycles. The van der Waals surface area contributed by atoms with E-state index in [0.717, 1.165) is 16.9 Å². The lowest BCUT2D eigenvalue weighted by Crippen LogP contribution is -2.45. The average Bonchev–Trinajstić information content (AvgIpc) is 2.60. The number of halogens is 2. The lowest BCUT2D eigenvalue weighted by Gasteiger charge is -2.23. The molecule has 7 heteroatoms. The second kappa shape index (κ2) is 10.3. The van der Waals surface area contributed by atoms with E-state index < -0.39 is 12.1 Å². The molecule has 3 N–H and O–H groups in total. The fourth-order valence-electron chi connectivity index (χ4n) is 2.35. The number of benzene rings is 2. The normalized spacial score (nSPS) is 12.6. The van der Waals surface area contributed by atoms with Crippen molar-refractivity contribution >= 4 is 29.9 Å². The van der Waals surface area contributed by atoms with Gasteiger partial charge in [-0.05, 0) is 29.3 Å². The van der Waals surface area contributed by atoms with Crippen LogP contribution in [0, 0.1) is 0 Å². The first-order valence-electron chi connectivity index (χ1n) is 7.50. The van der Waals surface area contributed by atoms with Crippen molar-refractivity contribution in [3.63, 3.8) is 0 Å². The smallest absolute Gasteiger partial charge is 0.240 e. The summed E-state index contributed by atoms with van der Waals surface area (Å²) in [7, 11) is 3.11. The summed E-state index contributed by atoms with van der Waals surface area (Å²) in [5.74, 6) is 0.427. The van der Waals surface area contributed by atoms with Crippen molar-refractivity contribution in [3.8, 4) is 5.75 Å². The molecule has 0 bridgehead atoms. The van der Waals surface area contributed by atoms with Crippen molar-refractivity contribution in [2.45, 2.75) is 12.1 Å². The average molecular weight is 385 g/mol. The summed E-state index contributed by atoms with van der Waals surface area (Å²) in [4.78, 5) is 12.3. The lowest BCUT2D eigenvalue weighted by atomic mass is 9.98. The van der Waals surface area contributed by atoms with Gasteiger partial charge in [0.1, 0.15) is 11.8 Å². The van der Waals surface area contributed by atoms with Gasteiger partial charge in [-0.1, -0.05) is 41.9 Å². The molecule has 2 unspecified atom stereocenters. The number of ether oxygens (including phenoxy) is 2. The minimum atomic E-state index is -0.752. The third-order valence-electron chi connectivity index (χ3n) is 3.63. The molecule has 0 saturated carbocycles. The van der Waals surface area contributed by atoms with Crippen LogP contribution in [-0.4, -0.2) is 32.8 Å². The van der Waals surface area contributed by atoms with E-state index in [4.69, 9.17) is 26.8 Å². The lowest BCUT2D eigenvalue weighted by molar-refractivity contribution is -0.123. The van der Waals surface area contributed by atoms with Crippen molar-refractivity contribution in [3.05, 3.63) is 64.7 Å². The number of methoxy groups -OCH3 is 2. The van der Waals surface area contributed by atoms with Gasteiger partial charge in [-0.2, -0.15) is 0 Å². The van der Waals surface area contributed by atoms with E-state index in [1.807, 2.05) is 42.5 Å². The number of amides is 1. The zero-order valence-corrected chi connectivity index (χ0v) is 15.6. The Morgan fingerprint density at radius 3 is 2.36 bits per heavy atom. The molecule has 2 aromatic carbocycles. The SMILES string of the molecule is COCC(N)C(=O)NC(c1ccc(OC)cc1)c1ccccc1Cl.Cl. The molecule has 2 rings (SSSR count). The van der Waals surface area contributed by atoms with Gasteiger partial charge in [0.2, 0.25) is 5.91 Å². The van der Waals surface area contributed by atoms with Crippen molar-refractivity contribution in [2.24, 2.45) is 5.73 Å². The summed E-state index contributed by atoms with van der Waals surface area (Å²) in [6.07, 6.45) is 0. The monoisotopic (exact) mass is 384 g/mol. The third-order valence-corrected chi connectivity index (χ3v) is 3.98. The summed E-state index contributed by atoms with van der Waals surface area (Å²) < 4.78 is 10.1. The molecule has 0 heterocycles. The Labute approximate surface area is 158 Å². The Morgan fingerprint density at radius 1 is 1.16 bits per heavy atom. The highest BCUT2D eigenvalue weighted by Crippen LogP contribution is 2.29. The predicted octanol–water partition coefficient (Wildman–Crippen LogP) is 2.95. The van der Waals surface area contributed by atoms with Gasteiger partial charge in [0, 0.05) is 12.1 Å². The maximum atomic E-state index is 12.3. The highest BCUT2D eigenvalue weighted by molar-refractivity contribution is 6.31. The fourth-order valence-corrected chi connectivity index (χ4v) is 2.60. The van der Waals surface area contributed by atoms with Crippen LogP contribution in [0.25, 0.3) is 0 Å². The largest absolute Gasteiger partial charge is 0.497 e. The number of nitrogens with one attached hydrogen (secondary N) is 1. The Hall–Kier alpha value is -1.79. The standard InChI is InChI=1S/C18H21ClN2O3.ClH/c1-23-11-16(20)18(22)21-17(14-5-3-4-6-15(14)19)12-7-9-13(24-2)10-8-12;/h3-10,16-17H,11,20H2,1-2H3,(H,21,22);1H. The van der Waals surface area contributed by atoms with E-state index >= 15 is 0 Å². The maximum absolute atomic E-state index is 12.3. The number of carbonyl (C=O) groups is 1. The van der Waals surface area contributed by atoms with Gasteiger partial charge in [-0.3, -0.25) is 4.79 Å². The Morgan fingerprint density at radius 2 is 1.80 bits per heavy atom. The Balaban J connectivity index is 0.00000312. The molecule has 136 valence electrons. The quantitative estimate of drug-likeness (QED) is 0.769. The molecule has 0 fully saturated rings. The predicted molar refractivity (Wildman–Crippen MR) is 102 cm³/mol. The van der Waals surface area contributed by atoms with E-state index in [1.165, 1.54) is 7.11 Å². The zero-order chi connectivity index (χ0) is 17.5. The van der Waals surface area contributed by atoms with Crippen LogP contribution < -0.4 is 15.8 Å². The second-order valence-corrected chi connectivity index (χ2v) is 5.71. The van der Waals surface area contributed by atoms with Gasteiger partial charge in [-0.25, -0.2) is 0 Å². The topological polar surface area (TPSA) is 73.6 Å². The van der Waals surface area contributed by atoms with Crippen molar-refractivity contribution in [2.75, 3.05) is 20.8 Å². The number of nitrogens with two attached hydrogens (primary N) is 1. The number of hydrogen-bond acceptors (Lipinski definition) is 4. The van der Waals surface area contributed by atoms with Crippen LogP contribution in [0.3, 0.4) is 0 Å². The molecule has 5 nitrogen and oxygen atoms in total. The molecule has 25 heavy (non-hydrogen) atoms. The van der Waals surface area contributed by atoms with Crippen molar-refractivity contribution in [1.82, 2.24) is 5.32 Å². The van der Waals surface area contributed by atoms with E-state index in [9.17, 15) is 4.79 Å². The molecule has 0 aromatic heterocycles. The van der Waals surface area contributed by atoms with Gasteiger partial charge in [-0.15, -0.1) is 12.4 Å².